The molecule has 0 rings (SSSR count). The lowest BCUT2D eigenvalue weighted by Gasteiger charge is -2.03. The normalized spacial score (nSPS) is 12.2. The van der Waals surface area contributed by atoms with E-state index in [1.54, 1.807) is 0 Å². The summed E-state index contributed by atoms with van der Waals surface area (Å²) in [6.07, 6.45) is 1.61. The molecule has 0 spiro atoms. The Morgan fingerprint density at radius 1 is 1.42 bits per heavy atom. The summed E-state index contributed by atoms with van der Waals surface area (Å²) >= 11 is 0. The molecule has 0 amide bonds. The Bertz CT molecular complexity index is 184. The van der Waals surface area contributed by atoms with Crippen LogP contribution in [-0.2, 0) is 14.4 Å². The summed E-state index contributed by atoms with van der Waals surface area (Å²) in [5.74, 6) is -0.487. The first-order chi connectivity index (χ1) is 5.60. The first-order valence-electron chi connectivity index (χ1n) is 4.06. The summed E-state index contributed by atoms with van der Waals surface area (Å²) in [7, 11) is 0. The van der Waals surface area contributed by atoms with Crippen LogP contribution in [0.5, 0.6) is 0 Å². The lowest BCUT2D eigenvalue weighted by Crippen LogP contribution is -2.11. The Balaban J connectivity index is 3.81. The van der Waals surface area contributed by atoms with E-state index in [2.05, 4.69) is 0 Å². The predicted molar refractivity (Wildman–Crippen MR) is 44.8 cm³/mol. The lowest BCUT2D eigenvalue weighted by atomic mass is 9.99. The molecular weight excluding hydrogens is 156 g/mol. The molecule has 0 aliphatic carbocycles. The molecule has 68 valence electrons. The van der Waals surface area contributed by atoms with Gasteiger partial charge in [0.1, 0.15) is 17.9 Å². The number of carbonyl (C=O) groups is 3. The molecule has 1 atom stereocenters. The van der Waals surface area contributed by atoms with Crippen LogP contribution in [0.4, 0.5) is 0 Å². The van der Waals surface area contributed by atoms with Crippen molar-refractivity contribution in [1.29, 1.82) is 0 Å². The van der Waals surface area contributed by atoms with E-state index in [-0.39, 0.29) is 30.3 Å². The van der Waals surface area contributed by atoms with Crippen LogP contribution in [0.15, 0.2) is 0 Å². The summed E-state index contributed by atoms with van der Waals surface area (Å²) < 4.78 is 0. The number of hydrogen-bond acceptors (Lipinski definition) is 3. The molecular formula is C9H14O3. The van der Waals surface area contributed by atoms with Crippen molar-refractivity contribution in [3.8, 4) is 0 Å². The SMILES string of the molecule is CCC(C=O)CC(=O)CC(C)=O. The number of Topliss-reactive ketones (excluding diaryl/α,β-unsaturated/α-hetero) is 2. The quantitative estimate of drug-likeness (QED) is 0.444. The summed E-state index contributed by atoms with van der Waals surface area (Å²) in [6.45, 7) is 3.22. The maximum Gasteiger partial charge on any atom is 0.140 e. The highest BCUT2D eigenvalue weighted by molar-refractivity contribution is 5.98. The molecule has 0 saturated heterocycles. The number of rotatable bonds is 6. The highest BCUT2D eigenvalue weighted by Gasteiger charge is 2.12. The van der Waals surface area contributed by atoms with Crippen molar-refractivity contribution in [3.63, 3.8) is 0 Å². The monoisotopic (exact) mass is 170 g/mol. The average Bonchev–Trinajstić information content (AvgIpc) is 1.98. The van der Waals surface area contributed by atoms with Gasteiger partial charge in [0.25, 0.3) is 0 Å². The summed E-state index contributed by atoms with van der Waals surface area (Å²) in [4.78, 5) is 31.8. The van der Waals surface area contributed by atoms with Crippen molar-refractivity contribution < 1.29 is 14.4 Å². The number of ketones is 2. The van der Waals surface area contributed by atoms with Crippen molar-refractivity contribution >= 4 is 17.9 Å². The third-order valence-corrected chi connectivity index (χ3v) is 1.65. The van der Waals surface area contributed by atoms with Crippen molar-refractivity contribution in [2.45, 2.75) is 33.1 Å². The zero-order valence-electron chi connectivity index (χ0n) is 7.50. The fourth-order valence-electron chi connectivity index (χ4n) is 0.931. The van der Waals surface area contributed by atoms with Crippen LogP contribution in [0.2, 0.25) is 0 Å². The highest BCUT2D eigenvalue weighted by Crippen LogP contribution is 2.06. The highest BCUT2D eigenvalue weighted by atomic mass is 16.1. The molecule has 0 aliphatic heterocycles. The van der Waals surface area contributed by atoms with E-state index in [0.717, 1.165) is 6.29 Å². The summed E-state index contributed by atoms with van der Waals surface area (Å²) in [6, 6.07) is 0. The maximum atomic E-state index is 11.0. The van der Waals surface area contributed by atoms with Crippen LogP contribution in [-0.4, -0.2) is 17.9 Å². The number of aldehydes is 1. The van der Waals surface area contributed by atoms with Gasteiger partial charge in [-0.25, -0.2) is 0 Å². The minimum Gasteiger partial charge on any atom is -0.303 e. The van der Waals surface area contributed by atoms with Crippen LogP contribution >= 0.6 is 0 Å². The van der Waals surface area contributed by atoms with Crippen molar-refractivity contribution in [3.05, 3.63) is 0 Å². The molecule has 0 aromatic heterocycles. The molecule has 0 fully saturated rings. The molecule has 3 nitrogen and oxygen atoms in total. The Hall–Kier alpha value is -0.990. The van der Waals surface area contributed by atoms with Crippen LogP contribution in [0.3, 0.4) is 0 Å². The van der Waals surface area contributed by atoms with Crippen molar-refractivity contribution in [2.75, 3.05) is 0 Å². The second kappa shape index (κ2) is 5.63. The second-order valence-corrected chi connectivity index (χ2v) is 2.93. The van der Waals surface area contributed by atoms with E-state index in [0.29, 0.717) is 6.42 Å². The molecule has 0 aromatic carbocycles. The smallest absolute Gasteiger partial charge is 0.140 e. The third kappa shape index (κ3) is 4.77. The predicted octanol–water partition coefficient (Wildman–Crippen LogP) is 1.15. The standard InChI is InChI=1S/C9H14O3/c1-3-8(6-10)5-9(12)4-7(2)11/h6,8H,3-5H2,1-2H3. The van der Waals surface area contributed by atoms with Gasteiger partial charge in [0.05, 0.1) is 6.42 Å². The first kappa shape index (κ1) is 11.0. The van der Waals surface area contributed by atoms with E-state index in [4.69, 9.17) is 0 Å². The largest absolute Gasteiger partial charge is 0.303 e. The van der Waals surface area contributed by atoms with Gasteiger partial charge in [-0.3, -0.25) is 9.59 Å². The minimum atomic E-state index is -0.211. The zero-order valence-corrected chi connectivity index (χ0v) is 7.50. The van der Waals surface area contributed by atoms with E-state index in [9.17, 15) is 14.4 Å². The summed E-state index contributed by atoms with van der Waals surface area (Å²) in [5.41, 5.74) is 0. The van der Waals surface area contributed by atoms with Crippen LogP contribution < -0.4 is 0 Å². The fourth-order valence-corrected chi connectivity index (χ4v) is 0.931. The van der Waals surface area contributed by atoms with Gasteiger partial charge < -0.3 is 4.79 Å². The molecule has 0 heterocycles. The Labute approximate surface area is 72.1 Å². The molecule has 0 saturated carbocycles. The maximum absolute atomic E-state index is 11.0. The van der Waals surface area contributed by atoms with Crippen LogP contribution in [0.25, 0.3) is 0 Å². The van der Waals surface area contributed by atoms with Gasteiger partial charge in [0, 0.05) is 12.3 Å². The Morgan fingerprint density at radius 2 is 2.00 bits per heavy atom. The molecule has 0 bridgehead atoms. The molecule has 3 heteroatoms. The van der Waals surface area contributed by atoms with E-state index < -0.39 is 0 Å². The first-order valence-corrected chi connectivity index (χ1v) is 4.06. The zero-order chi connectivity index (χ0) is 9.56. The summed E-state index contributed by atoms with van der Waals surface area (Å²) in [5, 5.41) is 0. The van der Waals surface area contributed by atoms with E-state index in [1.807, 2.05) is 6.92 Å². The van der Waals surface area contributed by atoms with E-state index in [1.165, 1.54) is 6.92 Å². The van der Waals surface area contributed by atoms with Gasteiger partial charge in [-0.2, -0.15) is 0 Å². The molecule has 1 unspecified atom stereocenters. The van der Waals surface area contributed by atoms with Gasteiger partial charge in [0.2, 0.25) is 0 Å². The minimum absolute atomic E-state index is 0.0374. The molecule has 0 radical (unpaired) electrons. The fraction of sp³-hybridized carbons (Fsp3) is 0.667. The Morgan fingerprint density at radius 3 is 2.33 bits per heavy atom. The number of carbonyl (C=O) groups excluding carboxylic acids is 3. The van der Waals surface area contributed by atoms with Gasteiger partial charge in [-0.15, -0.1) is 0 Å². The number of hydrogen-bond donors (Lipinski definition) is 0. The van der Waals surface area contributed by atoms with Crippen molar-refractivity contribution in [2.24, 2.45) is 5.92 Å². The van der Waals surface area contributed by atoms with Crippen LogP contribution in [0.1, 0.15) is 33.1 Å². The second-order valence-electron chi connectivity index (χ2n) is 2.93. The molecule has 0 aromatic rings. The van der Waals surface area contributed by atoms with Crippen LogP contribution in [0, 0.1) is 5.92 Å². The van der Waals surface area contributed by atoms with Crippen molar-refractivity contribution in [1.82, 2.24) is 0 Å². The Kier molecular flexibility index (Phi) is 5.17. The molecule has 0 aliphatic rings. The molecule has 0 N–H and O–H groups in total. The van der Waals surface area contributed by atoms with Gasteiger partial charge in [-0.1, -0.05) is 6.92 Å². The van der Waals surface area contributed by atoms with Gasteiger partial charge in [-0.05, 0) is 13.3 Å². The topological polar surface area (TPSA) is 51.2 Å². The third-order valence-electron chi connectivity index (χ3n) is 1.65. The average molecular weight is 170 g/mol. The van der Waals surface area contributed by atoms with Gasteiger partial charge >= 0.3 is 0 Å². The van der Waals surface area contributed by atoms with Gasteiger partial charge in [0.15, 0.2) is 0 Å². The van der Waals surface area contributed by atoms with E-state index >= 15 is 0 Å². The molecule has 12 heavy (non-hydrogen) atoms. The lowest BCUT2D eigenvalue weighted by molar-refractivity contribution is -0.127.